The van der Waals surface area contributed by atoms with E-state index in [0.29, 0.717) is 44.9 Å². The fourth-order valence-electron chi connectivity index (χ4n) is 7.80. The average molecular weight is 761 g/mol. The number of benzene rings is 2. The number of hydrogen-bond acceptors (Lipinski definition) is 5. The summed E-state index contributed by atoms with van der Waals surface area (Å²) in [6.07, 6.45) is 2.93. The van der Waals surface area contributed by atoms with Gasteiger partial charge < -0.3 is 30.0 Å². The van der Waals surface area contributed by atoms with Crippen LogP contribution >= 0.6 is 31.9 Å². The lowest BCUT2D eigenvalue weighted by atomic mass is 9.82. The molecule has 2 aromatic rings. The minimum Gasteiger partial charge on any atom is -0.465 e. The molecular weight excluding hydrogens is 716 g/mol. The largest absolute Gasteiger partial charge is 0.465 e. The molecule has 46 heavy (non-hydrogen) atoms. The standard InChI is InChI=1S/C34H44Br2N6O4/c1-38-16-18-39(19-17-38)25-9-12-40(13-10-25)32(43)27(20-23-6-7-28(35)29(36)21-23)31-22-26(11-15-42(31)34(45)46)41-14-8-24-4-2-3-5-30(24)37-33(41)44/h2-7,21,25-27,31H,8-20,22H2,1H3,(H,37,44)(H,45,46)/t26?,27?,31-/m1/s1. The molecule has 4 amide bonds. The highest BCUT2D eigenvalue weighted by molar-refractivity contribution is 9.13. The third-order valence-electron chi connectivity index (χ3n) is 10.5. The number of nitrogens with one attached hydrogen (secondary N) is 1. The van der Waals surface area contributed by atoms with E-state index in [1.807, 2.05) is 52.3 Å². The van der Waals surface area contributed by atoms with E-state index in [4.69, 9.17) is 0 Å². The van der Waals surface area contributed by atoms with E-state index >= 15 is 0 Å². The van der Waals surface area contributed by atoms with Gasteiger partial charge in [0.05, 0.1) is 5.92 Å². The highest BCUT2D eigenvalue weighted by atomic mass is 79.9. The van der Waals surface area contributed by atoms with Gasteiger partial charge in [-0.1, -0.05) is 24.3 Å². The van der Waals surface area contributed by atoms with Crippen LogP contribution in [0.15, 0.2) is 51.4 Å². The molecule has 0 aliphatic carbocycles. The number of rotatable bonds is 6. The van der Waals surface area contributed by atoms with Crippen LogP contribution in [0.2, 0.25) is 0 Å². The second-order valence-corrected chi connectivity index (χ2v) is 14.9. The lowest BCUT2D eigenvalue weighted by Gasteiger charge is -2.46. The van der Waals surface area contributed by atoms with Crippen molar-refractivity contribution in [3.05, 3.63) is 62.5 Å². The van der Waals surface area contributed by atoms with Gasteiger partial charge in [-0.25, -0.2) is 9.59 Å². The van der Waals surface area contributed by atoms with Gasteiger partial charge in [-0.15, -0.1) is 0 Å². The molecule has 3 atom stereocenters. The molecule has 2 aromatic carbocycles. The average Bonchev–Trinajstić information content (AvgIpc) is 3.23. The zero-order valence-electron chi connectivity index (χ0n) is 26.4. The normalized spacial score (nSPS) is 24.2. The molecule has 0 saturated carbocycles. The van der Waals surface area contributed by atoms with Gasteiger partial charge in [0.1, 0.15) is 0 Å². The number of piperazine rings is 1. The summed E-state index contributed by atoms with van der Waals surface area (Å²) in [5.74, 6) is -0.556. The number of likely N-dealkylation sites (N-methyl/N-ethyl adjacent to an activating group) is 1. The van der Waals surface area contributed by atoms with Crippen LogP contribution in [0.5, 0.6) is 0 Å². The van der Waals surface area contributed by atoms with Crippen molar-refractivity contribution >= 4 is 55.6 Å². The number of hydrogen-bond donors (Lipinski definition) is 2. The fraction of sp³-hybridized carbons (Fsp3) is 0.559. The Labute approximate surface area is 288 Å². The molecule has 0 radical (unpaired) electrons. The van der Waals surface area contributed by atoms with Crippen molar-refractivity contribution in [2.45, 2.75) is 56.7 Å². The maximum absolute atomic E-state index is 14.6. The first-order chi connectivity index (χ1) is 22.2. The van der Waals surface area contributed by atoms with Gasteiger partial charge in [0.25, 0.3) is 0 Å². The maximum Gasteiger partial charge on any atom is 0.407 e. The lowest BCUT2D eigenvalue weighted by molar-refractivity contribution is -0.140. The van der Waals surface area contributed by atoms with Crippen LogP contribution in [0.3, 0.4) is 0 Å². The Hall–Kier alpha value is -2.67. The molecule has 0 aromatic heterocycles. The Morgan fingerprint density at radius 3 is 2.35 bits per heavy atom. The SMILES string of the molecule is CN1CCN(C2CCN(C(=O)C(Cc3ccc(Br)c(Br)c3)[C@H]3CC(N4CCc5ccccc5NC4=O)CCN3C(=O)O)CC2)CC1. The number of likely N-dealkylation sites (tertiary alicyclic amines) is 2. The summed E-state index contributed by atoms with van der Waals surface area (Å²) in [6.45, 7) is 6.42. The summed E-state index contributed by atoms with van der Waals surface area (Å²) in [4.78, 5) is 51.0. The number of fused-ring (bicyclic) bond motifs is 1. The van der Waals surface area contributed by atoms with Gasteiger partial charge in [0.15, 0.2) is 0 Å². The van der Waals surface area contributed by atoms with Gasteiger partial charge in [-0.05, 0) is 107 Å². The maximum atomic E-state index is 14.6. The van der Waals surface area contributed by atoms with E-state index in [9.17, 15) is 19.5 Å². The number of piperidine rings is 2. The van der Waals surface area contributed by atoms with Crippen LogP contribution in [-0.2, 0) is 17.6 Å². The molecule has 12 heteroatoms. The third kappa shape index (κ3) is 7.40. The minimum atomic E-state index is -1.01. The monoisotopic (exact) mass is 758 g/mol. The Bertz CT molecular complexity index is 1430. The van der Waals surface area contributed by atoms with Gasteiger partial charge in [0, 0.05) is 85.1 Å². The van der Waals surface area contributed by atoms with Crippen LogP contribution in [0, 0.1) is 5.92 Å². The van der Waals surface area contributed by atoms with Gasteiger partial charge in [0.2, 0.25) is 5.91 Å². The molecular formula is C34H44Br2N6O4. The summed E-state index contributed by atoms with van der Waals surface area (Å²) < 4.78 is 1.81. The molecule has 10 nitrogen and oxygen atoms in total. The Kier molecular flexibility index (Phi) is 10.6. The fourth-order valence-corrected chi connectivity index (χ4v) is 8.47. The molecule has 2 unspecified atom stereocenters. The Balaban J connectivity index is 1.23. The van der Waals surface area contributed by atoms with Gasteiger partial charge in [-0.3, -0.25) is 9.69 Å². The third-order valence-corrected chi connectivity index (χ3v) is 12.4. The van der Waals surface area contributed by atoms with Crippen LogP contribution in [0.25, 0.3) is 0 Å². The zero-order valence-corrected chi connectivity index (χ0v) is 29.6. The van der Waals surface area contributed by atoms with E-state index < -0.39 is 18.1 Å². The second-order valence-electron chi connectivity index (χ2n) is 13.2. The zero-order chi connectivity index (χ0) is 32.4. The molecule has 3 saturated heterocycles. The number of nitrogens with zero attached hydrogens (tertiary/aromatic N) is 5. The molecule has 0 bridgehead atoms. The van der Waals surface area contributed by atoms with E-state index in [0.717, 1.165) is 71.2 Å². The highest BCUT2D eigenvalue weighted by Crippen LogP contribution is 2.34. The number of amides is 4. The number of urea groups is 1. The van der Waals surface area contributed by atoms with Crippen molar-refractivity contribution in [3.63, 3.8) is 0 Å². The van der Waals surface area contributed by atoms with Crippen LogP contribution < -0.4 is 5.32 Å². The molecule has 248 valence electrons. The quantitative estimate of drug-likeness (QED) is 0.420. The van der Waals surface area contributed by atoms with Crippen molar-refractivity contribution in [1.82, 2.24) is 24.5 Å². The van der Waals surface area contributed by atoms with Crippen molar-refractivity contribution < 1.29 is 19.5 Å². The van der Waals surface area contributed by atoms with Crippen molar-refractivity contribution in [3.8, 4) is 0 Å². The van der Waals surface area contributed by atoms with E-state index in [1.165, 1.54) is 4.90 Å². The Morgan fingerprint density at radius 2 is 1.63 bits per heavy atom. The van der Waals surface area contributed by atoms with Crippen LogP contribution in [-0.4, -0.2) is 125 Å². The first-order valence-corrected chi connectivity index (χ1v) is 18.1. The van der Waals surface area contributed by atoms with Crippen LogP contribution in [0.4, 0.5) is 15.3 Å². The van der Waals surface area contributed by atoms with E-state index in [-0.39, 0.29) is 24.5 Å². The molecule has 3 fully saturated rings. The first kappa shape index (κ1) is 33.2. The topological polar surface area (TPSA) is 99.7 Å². The van der Waals surface area contributed by atoms with E-state index in [2.05, 4.69) is 54.0 Å². The molecule has 2 N–H and O–H groups in total. The predicted molar refractivity (Wildman–Crippen MR) is 185 cm³/mol. The van der Waals surface area contributed by atoms with Gasteiger partial charge in [-0.2, -0.15) is 0 Å². The number of carbonyl (C=O) groups excluding carboxylic acids is 2. The van der Waals surface area contributed by atoms with Crippen LogP contribution in [0.1, 0.15) is 36.8 Å². The van der Waals surface area contributed by atoms with Gasteiger partial charge >= 0.3 is 12.1 Å². The summed E-state index contributed by atoms with van der Waals surface area (Å²) in [5.41, 5.74) is 2.88. The van der Waals surface area contributed by atoms with Crippen molar-refractivity contribution in [1.29, 1.82) is 0 Å². The van der Waals surface area contributed by atoms with E-state index in [1.54, 1.807) is 0 Å². The second kappa shape index (κ2) is 14.6. The smallest absolute Gasteiger partial charge is 0.407 e. The minimum absolute atomic E-state index is 0.0143. The predicted octanol–water partition coefficient (Wildman–Crippen LogP) is 5.21. The summed E-state index contributed by atoms with van der Waals surface area (Å²) in [5, 5.41) is 13.5. The van der Waals surface area contributed by atoms with Crippen molar-refractivity contribution in [2.24, 2.45) is 5.92 Å². The lowest BCUT2D eigenvalue weighted by Crippen LogP contribution is -2.59. The Morgan fingerprint density at radius 1 is 0.913 bits per heavy atom. The number of carboxylic acid groups (broad SMARTS) is 1. The highest BCUT2D eigenvalue weighted by Gasteiger charge is 2.44. The summed E-state index contributed by atoms with van der Waals surface area (Å²) in [7, 11) is 2.16. The molecule has 4 heterocycles. The number of carbonyl (C=O) groups is 3. The summed E-state index contributed by atoms with van der Waals surface area (Å²) >= 11 is 7.16. The first-order valence-electron chi connectivity index (χ1n) is 16.5. The molecule has 0 spiro atoms. The molecule has 4 aliphatic rings. The molecule has 4 aliphatic heterocycles. The summed E-state index contributed by atoms with van der Waals surface area (Å²) in [6, 6.07) is 13.4. The number of para-hydroxylation sites is 1. The number of halogens is 2. The van der Waals surface area contributed by atoms with Crippen molar-refractivity contribution in [2.75, 3.05) is 64.7 Å². The number of anilines is 1. The molecule has 6 rings (SSSR count).